The molecule has 0 saturated carbocycles. The van der Waals surface area contributed by atoms with E-state index in [1.807, 2.05) is 4.90 Å². The van der Waals surface area contributed by atoms with Gasteiger partial charge >= 0.3 is 0 Å². The lowest BCUT2D eigenvalue weighted by molar-refractivity contribution is -0.130. The van der Waals surface area contributed by atoms with Crippen LogP contribution in [-0.2, 0) is 9.53 Å². The van der Waals surface area contributed by atoms with Gasteiger partial charge in [-0.25, -0.2) is 0 Å². The lowest BCUT2D eigenvalue weighted by atomic mass is 9.83. The number of nitrogens with two attached hydrogens (primary N) is 1. The van der Waals surface area contributed by atoms with Crippen molar-refractivity contribution < 1.29 is 9.53 Å². The maximum atomic E-state index is 11.7. The summed E-state index contributed by atoms with van der Waals surface area (Å²) in [5.74, 6) is 0.605. The van der Waals surface area contributed by atoms with E-state index >= 15 is 0 Å². The molecule has 0 radical (unpaired) electrons. The van der Waals surface area contributed by atoms with E-state index in [4.69, 9.17) is 10.5 Å². The summed E-state index contributed by atoms with van der Waals surface area (Å²) in [7, 11) is 1.71. The second-order valence-corrected chi connectivity index (χ2v) is 4.95. The molecule has 1 aliphatic rings. The van der Waals surface area contributed by atoms with Gasteiger partial charge in [0.15, 0.2) is 0 Å². The first-order valence-corrected chi connectivity index (χ1v) is 5.48. The van der Waals surface area contributed by atoms with Crippen molar-refractivity contribution in [2.45, 2.75) is 20.3 Å². The van der Waals surface area contributed by atoms with Crippen molar-refractivity contribution in [1.82, 2.24) is 4.90 Å². The fourth-order valence-electron chi connectivity index (χ4n) is 2.15. The third-order valence-corrected chi connectivity index (χ3v) is 3.22. The summed E-state index contributed by atoms with van der Waals surface area (Å²) in [6.07, 6.45) is 0.454. The highest BCUT2D eigenvalue weighted by atomic mass is 16.5. The number of methoxy groups -OCH3 is 1. The van der Waals surface area contributed by atoms with E-state index < -0.39 is 0 Å². The molecule has 0 aromatic rings. The molecule has 4 heteroatoms. The fourth-order valence-corrected chi connectivity index (χ4v) is 2.15. The molecular formula is C11H22N2O2. The minimum absolute atomic E-state index is 0.153. The van der Waals surface area contributed by atoms with E-state index in [2.05, 4.69) is 13.8 Å². The van der Waals surface area contributed by atoms with Crippen molar-refractivity contribution in [3.63, 3.8) is 0 Å². The average molecular weight is 214 g/mol. The second-order valence-electron chi connectivity index (χ2n) is 4.95. The topological polar surface area (TPSA) is 55.6 Å². The molecule has 1 aliphatic heterocycles. The molecule has 1 fully saturated rings. The number of hydrogen-bond acceptors (Lipinski definition) is 3. The zero-order valence-corrected chi connectivity index (χ0v) is 9.95. The molecule has 15 heavy (non-hydrogen) atoms. The lowest BCUT2D eigenvalue weighted by Gasteiger charge is -2.24. The highest BCUT2D eigenvalue weighted by molar-refractivity contribution is 5.76. The first kappa shape index (κ1) is 12.5. The minimum atomic E-state index is 0.153. The van der Waals surface area contributed by atoms with Crippen molar-refractivity contribution in [2.24, 2.45) is 17.1 Å². The molecule has 2 N–H and O–H groups in total. The Morgan fingerprint density at radius 3 is 2.80 bits per heavy atom. The molecule has 0 unspecified atom stereocenters. The molecule has 0 spiro atoms. The minimum Gasteiger partial charge on any atom is -0.384 e. The van der Waals surface area contributed by atoms with Crippen molar-refractivity contribution in [2.75, 3.05) is 33.4 Å². The Morgan fingerprint density at radius 1 is 1.60 bits per heavy atom. The zero-order chi connectivity index (χ0) is 11.5. The van der Waals surface area contributed by atoms with Crippen molar-refractivity contribution in [1.29, 1.82) is 0 Å². The maximum Gasteiger partial charge on any atom is 0.223 e. The molecular weight excluding hydrogens is 192 g/mol. The molecule has 4 nitrogen and oxygen atoms in total. The van der Waals surface area contributed by atoms with Gasteiger partial charge in [-0.15, -0.1) is 0 Å². The number of carbonyl (C=O) groups is 1. The summed E-state index contributed by atoms with van der Waals surface area (Å²) < 4.78 is 5.19. The third kappa shape index (κ3) is 2.92. The lowest BCUT2D eigenvalue weighted by Crippen LogP contribution is -2.31. The van der Waals surface area contributed by atoms with Crippen LogP contribution in [-0.4, -0.2) is 44.2 Å². The van der Waals surface area contributed by atoms with Crippen molar-refractivity contribution in [3.05, 3.63) is 0 Å². The normalized spacial score (nSPS) is 24.5. The smallest absolute Gasteiger partial charge is 0.223 e. The zero-order valence-electron chi connectivity index (χ0n) is 9.95. The Hall–Kier alpha value is -0.610. The monoisotopic (exact) mass is 214 g/mol. The number of hydrogen-bond donors (Lipinski definition) is 1. The summed E-state index contributed by atoms with van der Waals surface area (Å²) >= 11 is 0. The predicted octanol–water partition coefficient (Wildman–Crippen LogP) is 0.466. The Kier molecular flexibility index (Phi) is 4.11. The fraction of sp³-hybridized carbons (Fsp3) is 0.909. The van der Waals surface area contributed by atoms with Gasteiger partial charge in [-0.3, -0.25) is 4.79 Å². The van der Waals surface area contributed by atoms with E-state index in [-0.39, 0.29) is 11.3 Å². The Balaban J connectivity index is 2.57. The van der Waals surface area contributed by atoms with Gasteiger partial charge in [0.2, 0.25) is 5.91 Å². The Bertz CT molecular complexity index is 229. The van der Waals surface area contributed by atoms with Gasteiger partial charge in [-0.2, -0.15) is 0 Å². The number of nitrogens with zero attached hydrogens (tertiary/aromatic N) is 1. The first-order valence-electron chi connectivity index (χ1n) is 5.48. The molecule has 0 aromatic carbocycles. The van der Waals surface area contributed by atoms with Gasteiger partial charge < -0.3 is 15.4 Å². The standard InChI is InChI=1S/C11H22N2O2/c1-11(2)8-13(10(14)4-5-12)6-9(11)7-15-3/h9H,4-8,12H2,1-3H3/t9-/m0/s1. The number of ether oxygens (including phenoxy) is 1. The molecule has 88 valence electrons. The summed E-state index contributed by atoms with van der Waals surface area (Å²) in [6.45, 7) is 7.16. The summed E-state index contributed by atoms with van der Waals surface area (Å²) in [5, 5.41) is 0. The molecule has 1 atom stereocenters. The SMILES string of the molecule is COC[C@@H]1CN(C(=O)CCN)CC1(C)C. The van der Waals surface area contributed by atoms with Crippen molar-refractivity contribution in [3.8, 4) is 0 Å². The van der Waals surface area contributed by atoms with E-state index in [0.29, 0.717) is 18.9 Å². The Labute approximate surface area is 91.8 Å². The molecule has 0 bridgehead atoms. The van der Waals surface area contributed by atoms with Crippen LogP contribution in [0.1, 0.15) is 20.3 Å². The summed E-state index contributed by atoms with van der Waals surface area (Å²) in [6, 6.07) is 0. The largest absolute Gasteiger partial charge is 0.384 e. The number of carbonyl (C=O) groups excluding carboxylic acids is 1. The molecule has 1 heterocycles. The van der Waals surface area contributed by atoms with Crippen LogP contribution in [0.4, 0.5) is 0 Å². The van der Waals surface area contributed by atoms with Gasteiger partial charge in [0, 0.05) is 39.1 Å². The van der Waals surface area contributed by atoms with Crippen LogP contribution < -0.4 is 5.73 Å². The number of likely N-dealkylation sites (tertiary alicyclic amines) is 1. The van der Waals surface area contributed by atoms with Crippen LogP contribution in [0.3, 0.4) is 0 Å². The van der Waals surface area contributed by atoms with E-state index in [1.54, 1.807) is 7.11 Å². The van der Waals surface area contributed by atoms with Crippen LogP contribution in [0.15, 0.2) is 0 Å². The van der Waals surface area contributed by atoms with Crippen LogP contribution in [0.5, 0.6) is 0 Å². The van der Waals surface area contributed by atoms with Gasteiger partial charge in [0.25, 0.3) is 0 Å². The quantitative estimate of drug-likeness (QED) is 0.740. The summed E-state index contributed by atoms with van der Waals surface area (Å²) in [4.78, 5) is 13.6. The Morgan fingerprint density at radius 2 is 2.27 bits per heavy atom. The summed E-state index contributed by atoms with van der Waals surface area (Å²) in [5.41, 5.74) is 5.54. The number of amides is 1. The van der Waals surface area contributed by atoms with Crippen LogP contribution in [0, 0.1) is 11.3 Å². The number of rotatable bonds is 4. The molecule has 0 aliphatic carbocycles. The van der Waals surface area contributed by atoms with Gasteiger partial charge in [-0.1, -0.05) is 13.8 Å². The van der Waals surface area contributed by atoms with Crippen LogP contribution in [0.2, 0.25) is 0 Å². The molecule has 0 aromatic heterocycles. The van der Waals surface area contributed by atoms with E-state index in [9.17, 15) is 4.79 Å². The van der Waals surface area contributed by atoms with Crippen LogP contribution in [0.25, 0.3) is 0 Å². The third-order valence-electron chi connectivity index (χ3n) is 3.22. The molecule has 1 saturated heterocycles. The van der Waals surface area contributed by atoms with Crippen molar-refractivity contribution >= 4 is 5.91 Å². The first-order chi connectivity index (χ1) is 7.01. The average Bonchev–Trinajstić information content (AvgIpc) is 2.44. The van der Waals surface area contributed by atoms with E-state index in [0.717, 1.165) is 19.7 Å². The highest BCUT2D eigenvalue weighted by Crippen LogP contribution is 2.35. The highest BCUT2D eigenvalue weighted by Gasteiger charge is 2.40. The molecule has 1 rings (SSSR count). The van der Waals surface area contributed by atoms with Crippen LogP contribution >= 0.6 is 0 Å². The predicted molar refractivity (Wildman–Crippen MR) is 59.4 cm³/mol. The van der Waals surface area contributed by atoms with Gasteiger partial charge in [0.05, 0.1) is 6.61 Å². The molecule has 1 amide bonds. The van der Waals surface area contributed by atoms with Gasteiger partial charge in [0.1, 0.15) is 0 Å². The van der Waals surface area contributed by atoms with E-state index in [1.165, 1.54) is 0 Å². The second kappa shape index (κ2) is 4.94. The van der Waals surface area contributed by atoms with Gasteiger partial charge in [-0.05, 0) is 5.41 Å². The maximum absolute atomic E-state index is 11.7.